The molecule has 0 saturated heterocycles. The van der Waals surface area contributed by atoms with Crippen molar-refractivity contribution in [3.05, 3.63) is 6.42 Å². The van der Waals surface area contributed by atoms with Gasteiger partial charge in [0.1, 0.15) is 5.60 Å². The van der Waals surface area contributed by atoms with Crippen molar-refractivity contribution in [2.45, 2.75) is 64.6 Å². The summed E-state index contributed by atoms with van der Waals surface area (Å²) >= 11 is 0. The van der Waals surface area contributed by atoms with E-state index in [2.05, 4.69) is 10.6 Å². The van der Waals surface area contributed by atoms with E-state index in [0.717, 1.165) is 12.8 Å². The molecule has 1 rings (SSSR count). The zero-order chi connectivity index (χ0) is 13.8. The maximum atomic E-state index is 11.6. The Labute approximate surface area is 109 Å². The summed E-state index contributed by atoms with van der Waals surface area (Å²) in [5, 5.41) is 5.56. The standard InChI is InChI=1S/C13H23N2O3/c1-5-9(8-11(16)14-10-6-7-10)15-12(17)18-13(2,3)4/h5,9-10H,6-8H2,1-4H3,(H,14,16)(H,15,17)/t9-/m0/s1. The Morgan fingerprint density at radius 3 is 2.44 bits per heavy atom. The maximum absolute atomic E-state index is 11.6. The molecule has 1 fully saturated rings. The fourth-order valence-electron chi connectivity index (χ4n) is 1.43. The third-order valence-electron chi connectivity index (χ3n) is 2.45. The van der Waals surface area contributed by atoms with Gasteiger partial charge in [0.25, 0.3) is 0 Å². The number of ether oxygens (including phenoxy) is 1. The summed E-state index contributed by atoms with van der Waals surface area (Å²) in [4.78, 5) is 23.2. The predicted octanol–water partition coefficient (Wildman–Crippen LogP) is 1.77. The van der Waals surface area contributed by atoms with Gasteiger partial charge >= 0.3 is 6.09 Å². The molecule has 0 unspecified atom stereocenters. The van der Waals surface area contributed by atoms with Gasteiger partial charge in [-0.15, -0.1) is 0 Å². The van der Waals surface area contributed by atoms with E-state index in [1.54, 1.807) is 27.2 Å². The van der Waals surface area contributed by atoms with Crippen LogP contribution in [0.15, 0.2) is 0 Å². The number of carbonyl (C=O) groups excluding carboxylic acids is 2. The van der Waals surface area contributed by atoms with Crippen molar-refractivity contribution in [1.82, 2.24) is 10.6 Å². The lowest BCUT2D eigenvalue weighted by Gasteiger charge is -2.22. The third-order valence-corrected chi connectivity index (χ3v) is 2.45. The van der Waals surface area contributed by atoms with Crippen molar-refractivity contribution in [2.75, 3.05) is 0 Å². The smallest absolute Gasteiger partial charge is 0.407 e. The first-order valence-electron chi connectivity index (χ1n) is 6.38. The fourth-order valence-corrected chi connectivity index (χ4v) is 1.43. The Balaban J connectivity index is 2.31. The Morgan fingerprint density at radius 2 is 2.00 bits per heavy atom. The normalized spacial score (nSPS) is 16.9. The molecular formula is C13H23N2O3. The summed E-state index contributed by atoms with van der Waals surface area (Å²) < 4.78 is 5.14. The summed E-state index contributed by atoms with van der Waals surface area (Å²) in [6.45, 7) is 7.22. The van der Waals surface area contributed by atoms with Gasteiger partial charge in [0.15, 0.2) is 0 Å². The lowest BCUT2D eigenvalue weighted by molar-refractivity contribution is -0.121. The van der Waals surface area contributed by atoms with Gasteiger partial charge in [0.2, 0.25) is 5.91 Å². The van der Waals surface area contributed by atoms with Crippen LogP contribution in [0.25, 0.3) is 0 Å². The minimum absolute atomic E-state index is 0.0309. The number of nitrogens with one attached hydrogen (secondary N) is 2. The summed E-state index contributed by atoms with van der Waals surface area (Å²) in [6, 6.07) is 0.0510. The lowest BCUT2D eigenvalue weighted by atomic mass is 10.1. The number of carbonyl (C=O) groups is 2. The van der Waals surface area contributed by atoms with Gasteiger partial charge in [0.05, 0.1) is 0 Å². The molecular weight excluding hydrogens is 232 g/mol. The molecule has 0 aliphatic heterocycles. The number of amides is 2. The molecule has 103 valence electrons. The van der Waals surface area contributed by atoms with E-state index < -0.39 is 11.7 Å². The minimum Gasteiger partial charge on any atom is -0.444 e. The van der Waals surface area contributed by atoms with Gasteiger partial charge in [0, 0.05) is 18.5 Å². The van der Waals surface area contributed by atoms with Crippen molar-refractivity contribution in [3.63, 3.8) is 0 Å². The van der Waals surface area contributed by atoms with Gasteiger partial charge < -0.3 is 15.4 Å². The van der Waals surface area contributed by atoms with Gasteiger partial charge in [-0.2, -0.15) is 0 Å². The zero-order valence-corrected chi connectivity index (χ0v) is 11.6. The number of hydrogen-bond acceptors (Lipinski definition) is 3. The summed E-state index contributed by atoms with van der Waals surface area (Å²) in [5.74, 6) is -0.0309. The molecule has 1 aliphatic rings. The molecule has 18 heavy (non-hydrogen) atoms. The van der Waals surface area contributed by atoms with Crippen LogP contribution in [0.2, 0.25) is 0 Å². The van der Waals surface area contributed by atoms with Crippen molar-refractivity contribution in [2.24, 2.45) is 0 Å². The highest BCUT2D eigenvalue weighted by Crippen LogP contribution is 2.18. The molecule has 1 aliphatic carbocycles. The predicted molar refractivity (Wildman–Crippen MR) is 68.9 cm³/mol. The van der Waals surface area contributed by atoms with E-state index in [9.17, 15) is 9.59 Å². The molecule has 1 saturated carbocycles. The second kappa shape index (κ2) is 6.07. The van der Waals surface area contributed by atoms with Crippen LogP contribution in [0.1, 0.15) is 47.0 Å². The SMILES string of the molecule is C[CH][C@@H](CC(=O)NC1CC1)NC(=O)OC(C)(C)C. The summed E-state index contributed by atoms with van der Waals surface area (Å²) in [7, 11) is 0. The van der Waals surface area contributed by atoms with Crippen LogP contribution in [0, 0.1) is 6.42 Å². The largest absolute Gasteiger partial charge is 0.444 e. The molecule has 5 heteroatoms. The van der Waals surface area contributed by atoms with E-state index in [1.165, 1.54) is 0 Å². The van der Waals surface area contributed by atoms with Crippen LogP contribution in [-0.4, -0.2) is 29.7 Å². The van der Waals surface area contributed by atoms with E-state index >= 15 is 0 Å². The Hall–Kier alpha value is -1.26. The van der Waals surface area contributed by atoms with Crippen LogP contribution in [0.4, 0.5) is 4.79 Å². The zero-order valence-electron chi connectivity index (χ0n) is 11.6. The van der Waals surface area contributed by atoms with E-state index in [1.807, 2.05) is 6.92 Å². The fraction of sp³-hybridized carbons (Fsp3) is 0.769. The molecule has 5 nitrogen and oxygen atoms in total. The van der Waals surface area contributed by atoms with Crippen LogP contribution >= 0.6 is 0 Å². The first kappa shape index (κ1) is 14.8. The molecule has 1 atom stereocenters. The van der Waals surface area contributed by atoms with Crippen molar-refractivity contribution in [1.29, 1.82) is 0 Å². The second-order valence-corrected chi connectivity index (χ2v) is 5.63. The minimum atomic E-state index is -0.529. The van der Waals surface area contributed by atoms with Crippen LogP contribution in [0.5, 0.6) is 0 Å². The Morgan fingerprint density at radius 1 is 1.39 bits per heavy atom. The van der Waals surface area contributed by atoms with E-state index in [0.29, 0.717) is 6.04 Å². The molecule has 2 N–H and O–H groups in total. The number of alkyl carbamates (subject to hydrolysis) is 1. The Bertz CT molecular complexity index is 306. The van der Waals surface area contributed by atoms with Crippen LogP contribution in [0.3, 0.4) is 0 Å². The van der Waals surface area contributed by atoms with Crippen molar-refractivity contribution in [3.8, 4) is 0 Å². The molecule has 0 spiro atoms. The third kappa shape index (κ3) is 6.47. The van der Waals surface area contributed by atoms with Gasteiger partial charge in [-0.1, -0.05) is 6.92 Å². The average molecular weight is 255 g/mol. The molecule has 0 aromatic heterocycles. The summed E-state index contributed by atoms with van der Waals surface area (Å²) in [5.41, 5.74) is -0.529. The summed E-state index contributed by atoms with van der Waals surface area (Å²) in [6.07, 6.45) is 3.67. The van der Waals surface area contributed by atoms with E-state index in [4.69, 9.17) is 4.74 Å². The monoisotopic (exact) mass is 255 g/mol. The first-order valence-corrected chi connectivity index (χ1v) is 6.38. The molecule has 0 aromatic carbocycles. The quantitative estimate of drug-likeness (QED) is 0.786. The highest BCUT2D eigenvalue weighted by Gasteiger charge is 2.25. The number of hydrogen-bond donors (Lipinski definition) is 2. The van der Waals surface area contributed by atoms with Crippen molar-refractivity contribution >= 4 is 12.0 Å². The molecule has 1 radical (unpaired) electrons. The highest BCUT2D eigenvalue weighted by molar-refractivity contribution is 5.78. The highest BCUT2D eigenvalue weighted by atomic mass is 16.6. The van der Waals surface area contributed by atoms with Crippen molar-refractivity contribution < 1.29 is 14.3 Å². The Kier molecular flexibility index (Phi) is 4.99. The van der Waals surface area contributed by atoms with Gasteiger partial charge in [-0.25, -0.2) is 4.79 Å². The molecule has 0 aromatic rings. The van der Waals surface area contributed by atoms with E-state index in [-0.39, 0.29) is 18.4 Å². The van der Waals surface area contributed by atoms with Gasteiger partial charge in [-0.3, -0.25) is 4.79 Å². The van der Waals surface area contributed by atoms with Crippen LogP contribution in [-0.2, 0) is 9.53 Å². The lowest BCUT2D eigenvalue weighted by Crippen LogP contribution is -2.42. The number of rotatable bonds is 5. The average Bonchev–Trinajstić information content (AvgIpc) is 2.97. The molecule has 2 amide bonds. The van der Waals surface area contributed by atoms with Crippen LogP contribution < -0.4 is 10.6 Å². The first-order chi connectivity index (χ1) is 8.30. The topological polar surface area (TPSA) is 67.4 Å². The second-order valence-electron chi connectivity index (χ2n) is 5.63. The molecule has 0 heterocycles. The van der Waals surface area contributed by atoms with Gasteiger partial charge in [-0.05, 0) is 40.0 Å². The maximum Gasteiger partial charge on any atom is 0.407 e. The molecule has 0 bridgehead atoms.